The number of rotatable bonds is 3. The monoisotopic (exact) mass is 293 g/mol. The van der Waals surface area contributed by atoms with Crippen LogP contribution in [0.5, 0.6) is 0 Å². The summed E-state index contributed by atoms with van der Waals surface area (Å²) < 4.78 is 0. The number of piperazine rings is 1. The van der Waals surface area contributed by atoms with Gasteiger partial charge in [0.05, 0.1) is 10.7 Å². The Balaban J connectivity index is 1.50. The van der Waals surface area contributed by atoms with Crippen LogP contribution in [-0.2, 0) is 0 Å². The number of nitrogens with one attached hydrogen (secondary N) is 1. The molecule has 0 radical (unpaired) electrons. The molecule has 2 fully saturated rings. The Kier molecular flexibility index (Phi) is 4.81. The van der Waals surface area contributed by atoms with Crippen LogP contribution in [-0.4, -0.2) is 50.7 Å². The van der Waals surface area contributed by atoms with Crippen LogP contribution < -0.4 is 10.2 Å². The van der Waals surface area contributed by atoms with Gasteiger partial charge in [0.1, 0.15) is 0 Å². The molecular weight excluding hydrogens is 270 g/mol. The topological polar surface area (TPSA) is 18.5 Å². The molecule has 0 atom stereocenters. The molecule has 1 aromatic rings. The minimum atomic E-state index is 0.874. The Bertz CT molecular complexity index is 423. The zero-order chi connectivity index (χ0) is 13.8. The number of anilines is 1. The lowest BCUT2D eigenvalue weighted by Gasteiger charge is -2.38. The molecule has 0 amide bonds. The molecule has 1 aromatic carbocycles. The largest absolute Gasteiger partial charge is 0.368 e. The summed E-state index contributed by atoms with van der Waals surface area (Å²) in [5.74, 6) is 0.892. The van der Waals surface area contributed by atoms with Gasteiger partial charge in [-0.25, -0.2) is 0 Å². The maximum atomic E-state index is 6.29. The minimum absolute atomic E-state index is 0.874. The molecule has 2 saturated heterocycles. The average Bonchev–Trinajstić information content (AvgIpc) is 2.50. The second kappa shape index (κ2) is 6.79. The van der Waals surface area contributed by atoms with Gasteiger partial charge in [-0.2, -0.15) is 0 Å². The fraction of sp³-hybridized carbons (Fsp3) is 0.625. The van der Waals surface area contributed by atoms with Crippen molar-refractivity contribution in [3.05, 3.63) is 29.3 Å². The van der Waals surface area contributed by atoms with Crippen molar-refractivity contribution in [2.45, 2.75) is 12.8 Å². The van der Waals surface area contributed by atoms with E-state index in [0.29, 0.717) is 0 Å². The summed E-state index contributed by atoms with van der Waals surface area (Å²) in [6.07, 6.45) is 2.68. The van der Waals surface area contributed by atoms with Crippen molar-refractivity contribution in [3.8, 4) is 0 Å². The lowest BCUT2D eigenvalue weighted by atomic mass is 9.97. The van der Waals surface area contributed by atoms with Crippen LogP contribution in [0.15, 0.2) is 24.3 Å². The molecule has 0 spiro atoms. The highest BCUT2D eigenvalue weighted by Crippen LogP contribution is 2.26. The summed E-state index contributed by atoms with van der Waals surface area (Å²) in [6.45, 7) is 8.18. The quantitative estimate of drug-likeness (QED) is 0.924. The van der Waals surface area contributed by atoms with Crippen molar-refractivity contribution < 1.29 is 0 Å². The normalized spacial score (nSPS) is 22.1. The first-order valence-electron chi connectivity index (χ1n) is 7.75. The highest BCUT2D eigenvalue weighted by molar-refractivity contribution is 6.33. The Morgan fingerprint density at radius 2 is 1.75 bits per heavy atom. The highest BCUT2D eigenvalue weighted by atomic mass is 35.5. The van der Waals surface area contributed by atoms with E-state index in [1.54, 1.807) is 0 Å². The maximum absolute atomic E-state index is 6.29. The predicted molar refractivity (Wildman–Crippen MR) is 85.7 cm³/mol. The fourth-order valence-corrected chi connectivity index (χ4v) is 3.56. The number of piperidine rings is 1. The number of hydrogen-bond donors (Lipinski definition) is 1. The van der Waals surface area contributed by atoms with Gasteiger partial charge >= 0.3 is 0 Å². The van der Waals surface area contributed by atoms with Crippen molar-refractivity contribution >= 4 is 17.3 Å². The Hall–Kier alpha value is -0.770. The molecule has 3 rings (SSSR count). The van der Waals surface area contributed by atoms with Crippen LogP contribution in [0.1, 0.15) is 12.8 Å². The highest BCUT2D eigenvalue weighted by Gasteiger charge is 2.22. The predicted octanol–water partition coefficient (Wildman–Crippen LogP) is 2.46. The molecule has 0 aromatic heterocycles. The third-order valence-corrected chi connectivity index (χ3v) is 4.86. The van der Waals surface area contributed by atoms with Gasteiger partial charge in [-0.15, -0.1) is 0 Å². The van der Waals surface area contributed by atoms with E-state index in [0.717, 1.165) is 37.1 Å². The molecule has 0 saturated carbocycles. The van der Waals surface area contributed by atoms with Crippen LogP contribution in [0.3, 0.4) is 0 Å². The van der Waals surface area contributed by atoms with Gasteiger partial charge in [0.15, 0.2) is 0 Å². The molecule has 2 heterocycles. The van der Waals surface area contributed by atoms with Crippen LogP contribution in [0.25, 0.3) is 0 Å². The SMILES string of the molecule is Clc1ccccc1N1CCN(CC2CCNCC2)CC1. The van der Waals surface area contributed by atoms with E-state index in [1.807, 2.05) is 12.1 Å². The zero-order valence-electron chi connectivity index (χ0n) is 12.0. The first-order valence-corrected chi connectivity index (χ1v) is 8.13. The van der Waals surface area contributed by atoms with E-state index >= 15 is 0 Å². The van der Waals surface area contributed by atoms with E-state index < -0.39 is 0 Å². The number of halogens is 1. The fourth-order valence-electron chi connectivity index (χ4n) is 3.31. The van der Waals surface area contributed by atoms with Crippen LogP contribution in [0.4, 0.5) is 5.69 Å². The summed E-state index contributed by atoms with van der Waals surface area (Å²) in [6, 6.07) is 8.19. The third kappa shape index (κ3) is 3.46. The van der Waals surface area contributed by atoms with Crippen molar-refractivity contribution in [1.29, 1.82) is 0 Å². The number of nitrogens with zero attached hydrogens (tertiary/aromatic N) is 2. The van der Waals surface area contributed by atoms with Crippen LogP contribution in [0.2, 0.25) is 5.02 Å². The molecule has 110 valence electrons. The molecule has 2 aliphatic rings. The van der Waals surface area contributed by atoms with Gasteiger partial charge in [0.2, 0.25) is 0 Å². The zero-order valence-corrected chi connectivity index (χ0v) is 12.8. The van der Waals surface area contributed by atoms with Gasteiger partial charge in [0.25, 0.3) is 0 Å². The second-order valence-electron chi connectivity index (χ2n) is 5.93. The lowest BCUT2D eigenvalue weighted by Crippen LogP contribution is -2.48. The Morgan fingerprint density at radius 3 is 2.45 bits per heavy atom. The first kappa shape index (κ1) is 14.2. The first-order chi connectivity index (χ1) is 9.83. The minimum Gasteiger partial charge on any atom is -0.368 e. The van der Waals surface area contributed by atoms with Crippen molar-refractivity contribution in [2.24, 2.45) is 5.92 Å². The summed E-state index contributed by atoms with van der Waals surface area (Å²) in [4.78, 5) is 5.05. The van der Waals surface area contributed by atoms with E-state index in [9.17, 15) is 0 Å². The van der Waals surface area contributed by atoms with Gasteiger partial charge in [0, 0.05) is 32.7 Å². The van der Waals surface area contributed by atoms with Gasteiger partial charge in [-0.3, -0.25) is 4.90 Å². The second-order valence-corrected chi connectivity index (χ2v) is 6.34. The van der Waals surface area contributed by atoms with Crippen LogP contribution in [0, 0.1) is 5.92 Å². The molecule has 0 unspecified atom stereocenters. The molecule has 1 N–H and O–H groups in total. The van der Waals surface area contributed by atoms with Crippen molar-refractivity contribution in [3.63, 3.8) is 0 Å². The summed E-state index contributed by atoms with van der Waals surface area (Å²) in [5.41, 5.74) is 1.19. The maximum Gasteiger partial charge on any atom is 0.0639 e. The molecule has 2 aliphatic heterocycles. The van der Waals surface area contributed by atoms with E-state index in [2.05, 4.69) is 27.2 Å². The lowest BCUT2D eigenvalue weighted by molar-refractivity contribution is 0.196. The Morgan fingerprint density at radius 1 is 1.05 bits per heavy atom. The molecule has 0 aliphatic carbocycles. The number of benzene rings is 1. The summed E-state index contributed by atoms with van der Waals surface area (Å²) >= 11 is 6.29. The smallest absolute Gasteiger partial charge is 0.0639 e. The van der Waals surface area contributed by atoms with E-state index in [1.165, 1.54) is 38.2 Å². The summed E-state index contributed by atoms with van der Waals surface area (Å²) in [7, 11) is 0. The third-order valence-electron chi connectivity index (χ3n) is 4.54. The summed E-state index contributed by atoms with van der Waals surface area (Å²) in [5, 5.41) is 4.32. The average molecular weight is 294 g/mol. The van der Waals surface area contributed by atoms with Gasteiger partial charge < -0.3 is 10.2 Å². The molecule has 3 nitrogen and oxygen atoms in total. The van der Waals surface area contributed by atoms with E-state index in [4.69, 9.17) is 11.6 Å². The van der Waals surface area contributed by atoms with Crippen LogP contribution >= 0.6 is 11.6 Å². The molecular formula is C16H24ClN3. The van der Waals surface area contributed by atoms with Gasteiger partial charge in [-0.1, -0.05) is 23.7 Å². The van der Waals surface area contributed by atoms with Gasteiger partial charge in [-0.05, 0) is 44.0 Å². The molecule has 4 heteroatoms. The molecule has 0 bridgehead atoms. The molecule has 20 heavy (non-hydrogen) atoms. The van der Waals surface area contributed by atoms with Crippen molar-refractivity contribution in [2.75, 3.05) is 50.7 Å². The van der Waals surface area contributed by atoms with E-state index in [-0.39, 0.29) is 0 Å². The Labute approximate surface area is 126 Å². The van der Waals surface area contributed by atoms with Crippen molar-refractivity contribution in [1.82, 2.24) is 10.2 Å². The number of para-hydroxylation sites is 1. The number of hydrogen-bond acceptors (Lipinski definition) is 3. The standard InChI is InChI=1S/C16H24ClN3/c17-15-3-1-2-4-16(15)20-11-9-19(10-12-20)13-14-5-7-18-8-6-14/h1-4,14,18H,5-13H2.